The highest BCUT2D eigenvalue weighted by atomic mass is 16.4. The molecule has 32 heavy (non-hydrogen) atoms. The van der Waals surface area contributed by atoms with Crippen molar-refractivity contribution < 1.29 is 34.6 Å². The molecule has 7 N–H and O–H groups in total. The van der Waals surface area contributed by atoms with E-state index in [9.17, 15) is 19.5 Å². The molecule has 173 valence electrons. The lowest BCUT2D eigenvalue weighted by molar-refractivity contribution is -0.140. The van der Waals surface area contributed by atoms with Gasteiger partial charge in [-0.3, -0.25) is 9.59 Å². The van der Waals surface area contributed by atoms with Gasteiger partial charge in [0.15, 0.2) is 0 Å². The number of carboxylic acids is 2. The fraction of sp³-hybridized carbons (Fsp3) is 0.318. The molecule has 0 bridgehead atoms. The van der Waals surface area contributed by atoms with E-state index in [1.807, 2.05) is 44.2 Å². The van der Waals surface area contributed by atoms with Crippen molar-refractivity contribution in [3.8, 4) is 0 Å². The molecule has 0 saturated heterocycles. The maximum Gasteiger partial charge on any atom is 0.482 e. The smallest absolute Gasteiger partial charge is 0.480 e. The number of benzene rings is 2. The van der Waals surface area contributed by atoms with Crippen LogP contribution >= 0.6 is 0 Å². The summed E-state index contributed by atoms with van der Waals surface area (Å²) >= 11 is 0. The third-order valence-electron chi connectivity index (χ3n) is 3.96. The van der Waals surface area contributed by atoms with E-state index in [2.05, 4.69) is 5.32 Å². The lowest BCUT2D eigenvalue weighted by atomic mass is 10.1. The SMILES string of the molecule is CC(C)C[C@H](N)C(=O)O.O=C(N[C@@H](Cc1ccccc1)C(=O)O)c1ccccc1.O[B]O. The van der Waals surface area contributed by atoms with E-state index in [1.165, 1.54) is 0 Å². The van der Waals surface area contributed by atoms with Crippen LogP contribution in [0.2, 0.25) is 0 Å². The van der Waals surface area contributed by atoms with Crippen LogP contribution in [-0.2, 0) is 16.0 Å². The third-order valence-corrected chi connectivity index (χ3v) is 3.96. The Kier molecular flexibility index (Phi) is 14.8. The highest BCUT2D eigenvalue weighted by molar-refractivity contribution is 6.13. The molecule has 0 spiro atoms. The summed E-state index contributed by atoms with van der Waals surface area (Å²) in [5, 5.41) is 34.1. The summed E-state index contributed by atoms with van der Waals surface area (Å²) in [6.45, 7) is 3.89. The molecule has 2 rings (SSSR count). The zero-order valence-corrected chi connectivity index (χ0v) is 18.1. The molecule has 2 aromatic carbocycles. The van der Waals surface area contributed by atoms with E-state index < -0.39 is 24.0 Å². The van der Waals surface area contributed by atoms with Crippen LogP contribution in [0.3, 0.4) is 0 Å². The van der Waals surface area contributed by atoms with Gasteiger partial charge in [0.25, 0.3) is 5.91 Å². The molecule has 1 radical (unpaired) electrons. The molecular weight excluding hydrogens is 415 g/mol. The Labute approximate surface area is 188 Å². The Hall–Kier alpha value is -3.21. The summed E-state index contributed by atoms with van der Waals surface area (Å²) in [7, 11) is 0. The molecule has 1 amide bonds. The summed E-state index contributed by atoms with van der Waals surface area (Å²) in [6.07, 6.45) is 0.810. The third kappa shape index (κ3) is 13.2. The Bertz CT molecular complexity index is 804. The number of rotatable bonds is 8. The molecule has 9 nitrogen and oxygen atoms in total. The Morgan fingerprint density at radius 3 is 1.75 bits per heavy atom. The van der Waals surface area contributed by atoms with Crippen LogP contribution in [0.5, 0.6) is 0 Å². The van der Waals surface area contributed by atoms with E-state index in [0.29, 0.717) is 17.9 Å². The fourth-order valence-corrected chi connectivity index (χ4v) is 2.49. The zero-order chi connectivity index (χ0) is 24.5. The molecule has 2 atom stereocenters. The van der Waals surface area contributed by atoms with Gasteiger partial charge >= 0.3 is 19.6 Å². The summed E-state index contributed by atoms with van der Waals surface area (Å²) in [5.41, 5.74) is 6.54. The first-order valence-corrected chi connectivity index (χ1v) is 9.83. The van der Waals surface area contributed by atoms with E-state index >= 15 is 0 Å². The van der Waals surface area contributed by atoms with Crippen LogP contribution in [0, 0.1) is 5.92 Å². The van der Waals surface area contributed by atoms with Crippen LogP contribution in [0.25, 0.3) is 0 Å². The molecule has 0 fully saturated rings. The van der Waals surface area contributed by atoms with Gasteiger partial charge < -0.3 is 31.3 Å². The Morgan fingerprint density at radius 2 is 1.38 bits per heavy atom. The Morgan fingerprint density at radius 1 is 0.906 bits per heavy atom. The quantitative estimate of drug-likeness (QED) is 0.328. The highest BCUT2D eigenvalue weighted by Gasteiger charge is 2.20. The van der Waals surface area contributed by atoms with Gasteiger partial charge in [-0.25, -0.2) is 4.79 Å². The number of carboxylic acid groups (broad SMARTS) is 2. The molecule has 2 aromatic rings. The minimum absolute atomic E-state index is 0. The summed E-state index contributed by atoms with van der Waals surface area (Å²) < 4.78 is 0. The number of aliphatic carboxylic acids is 2. The molecule has 0 unspecified atom stereocenters. The Balaban J connectivity index is 0.000000672. The average Bonchev–Trinajstić information content (AvgIpc) is 2.75. The van der Waals surface area contributed by atoms with Gasteiger partial charge in [0.1, 0.15) is 12.1 Å². The number of amides is 1. The first kappa shape index (κ1) is 28.8. The second-order valence-corrected chi connectivity index (χ2v) is 7.11. The van der Waals surface area contributed by atoms with Crippen molar-refractivity contribution in [3.63, 3.8) is 0 Å². The van der Waals surface area contributed by atoms with Crippen molar-refractivity contribution in [1.29, 1.82) is 0 Å². The van der Waals surface area contributed by atoms with Gasteiger partial charge in [-0.1, -0.05) is 62.4 Å². The van der Waals surface area contributed by atoms with E-state index in [-0.39, 0.29) is 20.0 Å². The van der Waals surface area contributed by atoms with E-state index in [0.717, 1.165) is 5.56 Å². The summed E-state index contributed by atoms with van der Waals surface area (Å²) in [6, 6.07) is 16.2. The average molecular weight is 445 g/mol. The number of carbonyl (C=O) groups excluding carboxylic acids is 1. The van der Waals surface area contributed by atoms with E-state index in [4.69, 9.17) is 20.9 Å². The highest BCUT2D eigenvalue weighted by Crippen LogP contribution is 2.05. The van der Waals surface area contributed by atoms with Crippen LogP contribution in [0.1, 0.15) is 36.2 Å². The van der Waals surface area contributed by atoms with E-state index in [1.54, 1.807) is 30.3 Å². The van der Waals surface area contributed by atoms with Gasteiger partial charge in [0.05, 0.1) is 0 Å². The topological polar surface area (TPSA) is 170 Å². The van der Waals surface area contributed by atoms with Crippen molar-refractivity contribution in [3.05, 3.63) is 71.8 Å². The van der Waals surface area contributed by atoms with Crippen molar-refractivity contribution in [1.82, 2.24) is 5.32 Å². The van der Waals surface area contributed by atoms with Crippen molar-refractivity contribution in [2.75, 3.05) is 0 Å². The largest absolute Gasteiger partial charge is 0.482 e. The maximum absolute atomic E-state index is 12.0. The lowest BCUT2D eigenvalue weighted by Crippen LogP contribution is -2.42. The normalized spacial score (nSPS) is 11.6. The summed E-state index contributed by atoms with van der Waals surface area (Å²) in [4.78, 5) is 33.3. The summed E-state index contributed by atoms with van der Waals surface area (Å²) in [5.74, 6) is -1.98. The van der Waals surface area contributed by atoms with Crippen molar-refractivity contribution >= 4 is 25.5 Å². The van der Waals surface area contributed by atoms with Gasteiger partial charge in [-0.05, 0) is 30.0 Å². The monoisotopic (exact) mass is 445 g/mol. The second-order valence-electron chi connectivity index (χ2n) is 7.11. The predicted octanol–water partition coefficient (Wildman–Crippen LogP) is 1.06. The van der Waals surface area contributed by atoms with Gasteiger partial charge in [0, 0.05) is 12.0 Å². The standard InChI is InChI=1S/C16H15NO3.C6H13NO2.BH2O2/c18-15(13-9-5-2-6-10-13)17-14(16(19)20)11-12-7-3-1-4-8-12;1-4(2)3-5(7)6(8)9;2-1-3/h1-10,14H,11H2,(H,17,18)(H,19,20);4-5H,3,7H2,1-2H3,(H,8,9);2-3H/t14-;5-;/m00./s1. The van der Waals surface area contributed by atoms with Crippen LogP contribution < -0.4 is 11.1 Å². The molecule has 0 saturated carbocycles. The number of hydrogen-bond acceptors (Lipinski definition) is 6. The molecule has 0 heterocycles. The lowest BCUT2D eigenvalue weighted by Gasteiger charge is -2.14. The molecule has 0 aliphatic rings. The van der Waals surface area contributed by atoms with Gasteiger partial charge in [-0.15, -0.1) is 0 Å². The number of hydrogen-bond donors (Lipinski definition) is 6. The first-order chi connectivity index (χ1) is 15.1. The van der Waals surface area contributed by atoms with Gasteiger partial charge in [0.2, 0.25) is 0 Å². The second kappa shape index (κ2) is 16.5. The molecule has 0 aromatic heterocycles. The zero-order valence-electron chi connectivity index (χ0n) is 18.1. The fourth-order valence-electron chi connectivity index (χ4n) is 2.49. The molecule has 0 aliphatic heterocycles. The predicted molar refractivity (Wildman–Crippen MR) is 121 cm³/mol. The van der Waals surface area contributed by atoms with Crippen LogP contribution in [-0.4, -0.2) is 57.9 Å². The number of carbonyl (C=O) groups is 3. The first-order valence-electron chi connectivity index (χ1n) is 9.83. The maximum atomic E-state index is 12.0. The molecular formula is C22H30BN2O7. The number of nitrogens with one attached hydrogen (secondary N) is 1. The molecule has 0 aliphatic carbocycles. The van der Waals surface area contributed by atoms with Crippen LogP contribution in [0.4, 0.5) is 0 Å². The molecule has 10 heteroatoms. The van der Waals surface area contributed by atoms with Gasteiger partial charge in [-0.2, -0.15) is 0 Å². The van der Waals surface area contributed by atoms with Crippen molar-refractivity contribution in [2.24, 2.45) is 11.7 Å². The minimum Gasteiger partial charge on any atom is -0.480 e. The van der Waals surface area contributed by atoms with Crippen LogP contribution in [0.15, 0.2) is 60.7 Å². The minimum atomic E-state index is -1.04. The van der Waals surface area contributed by atoms with Crippen molar-refractivity contribution in [2.45, 2.75) is 38.8 Å². The number of nitrogens with two attached hydrogens (primary N) is 1.